The van der Waals surface area contributed by atoms with Crippen molar-refractivity contribution >= 4 is 11.7 Å². The first-order chi connectivity index (χ1) is 13.0. The van der Waals surface area contributed by atoms with Crippen LogP contribution in [-0.2, 0) is 16.0 Å². The van der Waals surface area contributed by atoms with Crippen LogP contribution in [0.15, 0.2) is 54.6 Å². The summed E-state index contributed by atoms with van der Waals surface area (Å²) in [5.74, 6) is -1.02. The highest BCUT2D eigenvalue weighted by atomic mass is 16.6. The summed E-state index contributed by atoms with van der Waals surface area (Å²) in [4.78, 5) is 23.3. The lowest BCUT2D eigenvalue weighted by molar-refractivity contribution is -0.384. The van der Waals surface area contributed by atoms with E-state index in [0.29, 0.717) is 12.0 Å². The van der Waals surface area contributed by atoms with E-state index < -0.39 is 22.2 Å². The van der Waals surface area contributed by atoms with Crippen molar-refractivity contribution in [1.82, 2.24) is 0 Å². The van der Waals surface area contributed by atoms with Crippen molar-refractivity contribution in [3.63, 3.8) is 0 Å². The molecular formula is C21H22N2O4. The molecule has 0 N–H and O–H groups in total. The summed E-state index contributed by atoms with van der Waals surface area (Å²) in [6.07, 6.45) is 0.718. The Bertz CT molecular complexity index is 828. The second kappa shape index (κ2) is 8.95. The Kier molecular flexibility index (Phi) is 6.67. The lowest BCUT2D eigenvalue weighted by Gasteiger charge is -2.33. The highest BCUT2D eigenvalue weighted by Crippen LogP contribution is 2.42. The molecule has 0 spiro atoms. The van der Waals surface area contributed by atoms with E-state index in [4.69, 9.17) is 4.74 Å². The van der Waals surface area contributed by atoms with Gasteiger partial charge in [-0.3, -0.25) is 14.9 Å². The summed E-state index contributed by atoms with van der Waals surface area (Å²) in [7, 11) is 0. The minimum Gasteiger partial charge on any atom is -0.465 e. The number of carbonyl (C=O) groups is 1. The van der Waals surface area contributed by atoms with Crippen LogP contribution < -0.4 is 0 Å². The topological polar surface area (TPSA) is 93.2 Å². The van der Waals surface area contributed by atoms with E-state index in [-0.39, 0.29) is 18.7 Å². The van der Waals surface area contributed by atoms with Crippen molar-refractivity contribution in [2.45, 2.75) is 32.6 Å². The first kappa shape index (κ1) is 20.1. The second-order valence-corrected chi connectivity index (χ2v) is 6.28. The van der Waals surface area contributed by atoms with Gasteiger partial charge in [-0.1, -0.05) is 49.4 Å². The first-order valence-electron chi connectivity index (χ1n) is 8.85. The number of nitro benzene ring substituents is 1. The van der Waals surface area contributed by atoms with Gasteiger partial charge in [-0.15, -0.1) is 0 Å². The third-order valence-corrected chi connectivity index (χ3v) is 4.67. The number of esters is 1. The van der Waals surface area contributed by atoms with Gasteiger partial charge >= 0.3 is 5.97 Å². The predicted molar refractivity (Wildman–Crippen MR) is 101 cm³/mol. The average molecular weight is 366 g/mol. The van der Waals surface area contributed by atoms with E-state index in [2.05, 4.69) is 6.07 Å². The molecule has 0 aliphatic rings. The number of hydrogen-bond acceptors (Lipinski definition) is 5. The van der Waals surface area contributed by atoms with E-state index in [1.165, 1.54) is 12.1 Å². The summed E-state index contributed by atoms with van der Waals surface area (Å²) in [6.45, 7) is 3.77. The lowest BCUT2D eigenvalue weighted by atomic mass is 9.68. The zero-order valence-electron chi connectivity index (χ0n) is 15.4. The fourth-order valence-corrected chi connectivity index (χ4v) is 3.38. The van der Waals surface area contributed by atoms with Crippen LogP contribution in [0, 0.1) is 26.9 Å². The highest BCUT2D eigenvalue weighted by molar-refractivity contribution is 5.82. The highest BCUT2D eigenvalue weighted by Gasteiger charge is 2.47. The lowest BCUT2D eigenvalue weighted by Crippen LogP contribution is -2.39. The van der Waals surface area contributed by atoms with E-state index in [0.717, 1.165) is 5.56 Å². The number of hydrogen-bond donors (Lipinski definition) is 0. The maximum atomic E-state index is 12.9. The van der Waals surface area contributed by atoms with Gasteiger partial charge in [0.1, 0.15) is 0 Å². The number of carbonyl (C=O) groups excluding carboxylic acids is 1. The summed E-state index contributed by atoms with van der Waals surface area (Å²) in [6, 6.07) is 17.6. The maximum Gasteiger partial charge on any atom is 0.327 e. The van der Waals surface area contributed by atoms with Gasteiger partial charge in [0.05, 0.1) is 17.6 Å². The Morgan fingerprint density at radius 2 is 1.81 bits per heavy atom. The van der Waals surface area contributed by atoms with Crippen molar-refractivity contribution in [1.29, 1.82) is 5.26 Å². The third-order valence-electron chi connectivity index (χ3n) is 4.67. The minimum atomic E-state index is -1.41. The molecule has 0 radical (unpaired) electrons. The standard InChI is InChI=1S/C21H22N2O4/c1-3-19(17-10-12-18(13-11-17)23(25)26)21(15-22,20(24)27-4-2)14-16-8-6-5-7-9-16/h5-13,19H,3-4,14H2,1-2H3. The summed E-state index contributed by atoms with van der Waals surface area (Å²) < 4.78 is 5.27. The van der Waals surface area contributed by atoms with E-state index in [9.17, 15) is 20.2 Å². The van der Waals surface area contributed by atoms with Gasteiger partial charge in [0, 0.05) is 24.5 Å². The van der Waals surface area contributed by atoms with Crippen molar-refractivity contribution in [2.24, 2.45) is 5.41 Å². The monoisotopic (exact) mass is 366 g/mol. The Labute approximate surface area is 158 Å². The molecule has 0 fully saturated rings. The fraction of sp³-hybridized carbons (Fsp3) is 0.333. The zero-order chi connectivity index (χ0) is 19.9. The number of nitriles is 1. The Morgan fingerprint density at radius 1 is 1.19 bits per heavy atom. The summed E-state index contributed by atoms with van der Waals surface area (Å²) >= 11 is 0. The Balaban J connectivity index is 2.53. The number of nitrogens with zero attached hydrogens (tertiary/aromatic N) is 2. The molecule has 2 atom stereocenters. The zero-order valence-corrected chi connectivity index (χ0v) is 15.4. The molecule has 6 nitrogen and oxygen atoms in total. The van der Waals surface area contributed by atoms with Crippen molar-refractivity contribution in [3.8, 4) is 6.07 Å². The maximum absolute atomic E-state index is 12.9. The number of benzene rings is 2. The number of rotatable bonds is 8. The summed E-state index contributed by atoms with van der Waals surface area (Å²) in [5.41, 5.74) is 0.110. The molecule has 2 aromatic carbocycles. The van der Waals surface area contributed by atoms with Crippen LogP contribution in [0.2, 0.25) is 0 Å². The van der Waals surface area contributed by atoms with Crippen molar-refractivity contribution in [2.75, 3.05) is 6.61 Å². The van der Waals surface area contributed by atoms with E-state index in [1.807, 2.05) is 37.3 Å². The second-order valence-electron chi connectivity index (χ2n) is 6.28. The molecule has 2 aromatic rings. The third kappa shape index (κ3) is 4.32. The molecule has 0 bridgehead atoms. The molecule has 0 aliphatic carbocycles. The van der Waals surface area contributed by atoms with Crippen LogP contribution in [0.5, 0.6) is 0 Å². The van der Waals surface area contributed by atoms with Gasteiger partial charge in [-0.2, -0.15) is 5.26 Å². The van der Waals surface area contributed by atoms with Crippen LogP contribution in [-0.4, -0.2) is 17.5 Å². The summed E-state index contributed by atoms with van der Waals surface area (Å²) in [5, 5.41) is 21.0. The molecule has 6 heteroatoms. The fourth-order valence-electron chi connectivity index (χ4n) is 3.38. The quantitative estimate of drug-likeness (QED) is 0.392. The number of ether oxygens (including phenoxy) is 1. The van der Waals surface area contributed by atoms with Crippen LogP contribution in [0.3, 0.4) is 0 Å². The van der Waals surface area contributed by atoms with Gasteiger partial charge in [-0.05, 0) is 24.5 Å². The van der Waals surface area contributed by atoms with Crippen molar-refractivity contribution in [3.05, 3.63) is 75.8 Å². The number of nitro groups is 1. The predicted octanol–water partition coefficient (Wildman–Crippen LogP) is 4.40. The molecule has 140 valence electrons. The molecule has 0 saturated carbocycles. The van der Waals surface area contributed by atoms with Crippen LogP contribution in [0.4, 0.5) is 5.69 Å². The van der Waals surface area contributed by atoms with Crippen LogP contribution in [0.1, 0.15) is 37.3 Å². The molecule has 0 saturated heterocycles. The van der Waals surface area contributed by atoms with E-state index >= 15 is 0 Å². The molecule has 0 aromatic heterocycles. The molecule has 0 aliphatic heterocycles. The normalized spacial score (nSPS) is 13.8. The van der Waals surface area contributed by atoms with Crippen molar-refractivity contribution < 1.29 is 14.5 Å². The molecule has 0 heterocycles. The van der Waals surface area contributed by atoms with E-state index in [1.54, 1.807) is 19.1 Å². The van der Waals surface area contributed by atoms with Crippen LogP contribution in [0.25, 0.3) is 0 Å². The van der Waals surface area contributed by atoms with Gasteiger partial charge in [-0.25, -0.2) is 0 Å². The SMILES string of the molecule is CCOC(=O)C(C#N)(Cc1ccccc1)C(CC)c1ccc([N+](=O)[O-])cc1. The van der Waals surface area contributed by atoms with Crippen LogP contribution >= 0.6 is 0 Å². The Morgan fingerprint density at radius 3 is 2.30 bits per heavy atom. The molecular weight excluding hydrogens is 344 g/mol. The molecule has 27 heavy (non-hydrogen) atoms. The molecule has 0 amide bonds. The van der Waals surface area contributed by atoms with Gasteiger partial charge in [0.2, 0.25) is 0 Å². The Hall–Kier alpha value is -3.20. The van der Waals surface area contributed by atoms with Gasteiger partial charge in [0.25, 0.3) is 5.69 Å². The minimum absolute atomic E-state index is 0.0321. The molecule has 2 rings (SSSR count). The van der Waals surface area contributed by atoms with Gasteiger partial charge in [0.15, 0.2) is 5.41 Å². The van der Waals surface area contributed by atoms with Gasteiger partial charge < -0.3 is 4.74 Å². The number of non-ortho nitro benzene ring substituents is 1. The average Bonchev–Trinajstić information content (AvgIpc) is 2.69. The largest absolute Gasteiger partial charge is 0.465 e. The molecule has 2 unspecified atom stereocenters. The first-order valence-corrected chi connectivity index (χ1v) is 8.85. The smallest absolute Gasteiger partial charge is 0.327 e.